The summed E-state index contributed by atoms with van der Waals surface area (Å²) in [4.78, 5) is 11.1. The van der Waals surface area contributed by atoms with E-state index in [0.29, 0.717) is 21.4 Å². The topological polar surface area (TPSA) is 46.5 Å². The van der Waals surface area contributed by atoms with Crippen molar-refractivity contribution in [3.05, 3.63) is 63.1 Å². The number of ether oxygens (including phenoxy) is 1. The fourth-order valence-corrected chi connectivity index (χ4v) is 2.12. The van der Waals surface area contributed by atoms with Crippen LogP contribution in [0.4, 0.5) is 0 Å². The Morgan fingerprint density at radius 3 is 2.70 bits per heavy atom. The highest BCUT2D eigenvalue weighted by atomic mass is 35.5. The lowest BCUT2D eigenvalue weighted by molar-refractivity contribution is 0.0692. The second kappa shape index (κ2) is 6.16. The Bertz CT molecular complexity index is 654. The number of benzene rings is 2. The summed E-state index contributed by atoms with van der Waals surface area (Å²) in [6, 6.07) is 10.2. The number of hydrogen-bond acceptors (Lipinski definition) is 2. The standard InChI is InChI=1S/C15H12Cl2O3/c1-9-5-6-11(15(18)19)13(7-9)20-8-10-3-2-4-12(16)14(10)17/h2-7H,8H2,1H3,(H,18,19). The van der Waals surface area contributed by atoms with Gasteiger partial charge in [0.1, 0.15) is 17.9 Å². The van der Waals surface area contributed by atoms with E-state index < -0.39 is 5.97 Å². The Kier molecular flexibility index (Phi) is 4.53. The molecule has 20 heavy (non-hydrogen) atoms. The summed E-state index contributed by atoms with van der Waals surface area (Å²) >= 11 is 12.0. The molecule has 0 aliphatic heterocycles. The van der Waals surface area contributed by atoms with Crippen molar-refractivity contribution < 1.29 is 14.6 Å². The molecule has 0 heterocycles. The Hall–Kier alpha value is -1.71. The summed E-state index contributed by atoms with van der Waals surface area (Å²) in [6.07, 6.45) is 0. The first-order chi connectivity index (χ1) is 9.49. The third kappa shape index (κ3) is 3.24. The predicted molar refractivity (Wildman–Crippen MR) is 78.9 cm³/mol. The number of halogens is 2. The van der Waals surface area contributed by atoms with Crippen molar-refractivity contribution in [3.8, 4) is 5.75 Å². The largest absolute Gasteiger partial charge is 0.488 e. The Labute approximate surface area is 126 Å². The summed E-state index contributed by atoms with van der Waals surface area (Å²) in [5, 5.41) is 9.98. The molecule has 2 rings (SSSR count). The number of carboxylic acid groups (broad SMARTS) is 1. The molecule has 2 aromatic carbocycles. The summed E-state index contributed by atoms with van der Waals surface area (Å²) in [5.41, 5.74) is 1.74. The van der Waals surface area contributed by atoms with Crippen molar-refractivity contribution in [3.63, 3.8) is 0 Å². The van der Waals surface area contributed by atoms with Gasteiger partial charge in [0.25, 0.3) is 0 Å². The molecule has 104 valence electrons. The van der Waals surface area contributed by atoms with Crippen molar-refractivity contribution in [1.82, 2.24) is 0 Å². The van der Waals surface area contributed by atoms with E-state index in [4.69, 9.17) is 33.0 Å². The molecule has 0 radical (unpaired) electrons. The highest BCUT2D eigenvalue weighted by Gasteiger charge is 2.12. The van der Waals surface area contributed by atoms with Gasteiger partial charge in [-0.15, -0.1) is 0 Å². The first-order valence-electron chi connectivity index (χ1n) is 5.88. The van der Waals surface area contributed by atoms with Gasteiger partial charge in [-0.3, -0.25) is 0 Å². The zero-order valence-electron chi connectivity index (χ0n) is 10.7. The van der Waals surface area contributed by atoms with Gasteiger partial charge in [0.2, 0.25) is 0 Å². The van der Waals surface area contributed by atoms with Crippen LogP contribution in [0.5, 0.6) is 5.75 Å². The lowest BCUT2D eigenvalue weighted by Gasteiger charge is -2.11. The van der Waals surface area contributed by atoms with E-state index in [0.717, 1.165) is 5.56 Å². The maximum Gasteiger partial charge on any atom is 0.339 e. The SMILES string of the molecule is Cc1ccc(C(=O)O)c(OCc2cccc(Cl)c2Cl)c1. The van der Waals surface area contributed by atoms with E-state index in [1.54, 1.807) is 30.3 Å². The smallest absolute Gasteiger partial charge is 0.339 e. The van der Waals surface area contributed by atoms with Crippen molar-refractivity contribution in [2.24, 2.45) is 0 Å². The van der Waals surface area contributed by atoms with Crippen LogP contribution in [0.15, 0.2) is 36.4 Å². The van der Waals surface area contributed by atoms with E-state index in [9.17, 15) is 4.79 Å². The molecule has 1 N–H and O–H groups in total. The molecule has 0 saturated heterocycles. The van der Waals surface area contributed by atoms with Crippen LogP contribution in [0.3, 0.4) is 0 Å². The first-order valence-corrected chi connectivity index (χ1v) is 6.64. The third-order valence-corrected chi connectivity index (χ3v) is 3.64. The predicted octanol–water partition coefficient (Wildman–Crippen LogP) is 4.58. The highest BCUT2D eigenvalue weighted by molar-refractivity contribution is 6.42. The molecule has 0 aliphatic rings. The van der Waals surface area contributed by atoms with Crippen LogP contribution in [0.2, 0.25) is 10.0 Å². The molecule has 0 unspecified atom stereocenters. The molecule has 5 heteroatoms. The molecule has 0 aliphatic carbocycles. The lowest BCUT2D eigenvalue weighted by atomic mass is 10.1. The first kappa shape index (κ1) is 14.7. The van der Waals surface area contributed by atoms with Crippen LogP contribution >= 0.6 is 23.2 Å². The van der Waals surface area contributed by atoms with E-state index >= 15 is 0 Å². The molecular weight excluding hydrogens is 299 g/mol. The van der Waals surface area contributed by atoms with Crippen molar-refractivity contribution >= 4 is 29.2 Å². The fraction of sp³-hybridized carbons (Fsp3) is 0.133. The van der Waals surface area contributed by atoms with Crippen molar-refractivity contribution in [2.75, 3.05) is 0 Å². The minimum Gasteiger partial charge on any atom is -0.488 e. The molecule has 0 aromatic heterocycles. The van der Waals surface area contributed by atoms with Gasteiger partial charge in [0.15, 0.2) is 0 Å². The van der Waals surface area contributed by atoms with Crippen LogP contribution in [-0.2, 0) is 6.61 Å². The second-order valence-electron chi connectivity index (χ2n) is 4.31. The summed E-state index contributed by atoms with van der Waals surface area (Å²) in [7, 11) is 0. The average molecular weight is 311 g/mol. The lowest BCUT2D eigenvalue weighted by Crippen LogP contribution is -2.04. The van der Waals surface area contributed by atoms with Crippen molar-refractivity contribution in [1.29, 1.82) is 0 Å². The normalized spacial score (nSPS) is 10.3. The molecule has 0 fully saturated rings. The summed E-state index contributed by atoms with van der Waals surface area (Å²) in [6.45, 7) is 2.02. The maximum absolute atomic E-state index is 11.1. The molecule has 2 aromatic rings. The molecule has 0 atom stereocenters. The number of carboxylic acids is 1. The fourth-order valence-electron chi connectivity index (χ4n) is 1.74. The van der Waals surface area contributed by atoms with Gasteiger partial charge in [0.05, 0.1) is 10.0 Å². The summed E-state index contributed by atoms with van der Waals surface area (Å²) in [5.74, 6) is -0.717. The maximum atomic E-state index is 11.1. The Morgan fingerprint density at radius 1 is 1.25 bits per heavy atom. The molecule has 0 bridgehead atoms. The summed E-state index contributed by atoms with van der Waals surface area (Å²) < 4.78 is 5.58. The van der Waals surface area contributed by atoms with Crippen molar-refractivity contribution in [2.45, 2.75) is 13.5 Å². The molecular formula is C15H12Cl2O3. The van der Waals surface area contributed by atoms with Crippen LogP contribution in [0.1, 0.15) is 21.5 Å². The van der Waals surface area contributed by atoms with Gasteiger partial charge in [-0.25, -0.2) is 4.79 Å². The van der Waals surface area contributed by atoms with Crippen LogP contribution in [-0.4, -0.2) is 11.1 Å². The quantitative estimate of drug-likeness (QED) is 0.899. The van der Waals surface area contributed by atoms with E-state index in [-0.39, 0.29) is 12.2 Å². The van der Waals surface area contributed by atoms with Gasteiger partial charge in [-0.05, 0) is 30.7 Å². The minimum atomic E-state index is -1.03. The molecule has 0 amide bonds. The van der Waals surface area contributed by atoms with Gasteiger partial charge >= 0.3 is 5.97 Å². The molecule has 3 nitrogen and oxygen atoms in total. The number of hydrogen-bond donors (Lipinski definition) is 1. The Balaban J connectivity index is 2.24. The number of aryl methyl sites for hydroxylation is 1. The van der Waals surface area contributed by atoms with Gasteiger partial charge < -0.3 is 9.84 Å². The Morgan fingerprint density at radius 2 is 2.00 bits per heavy atom. The van der Waals surface area contributed by atoms with Crippen LogP contribution < -0.4 is 4.74 Å². The average Bonchev–Trinajstić information content (AvgIpc) is 2.40. The molecule has 0 spiro atoms. The monoisotopic (exact) mass is 310 g/mol. The second-order valence-corrected chi connectivity index (χ2v) is 5.09. The van der Waals surface area contributed by atoms with Gasteiger partial charge in [0, 0.05) is 5.56 Å². The van der Waals surface area contributed by atoms with Crippen LogP contribution in [0, 0.1) is 6.92 Å². The van der Waals surface area contributed by atoms with E-state index in [1.807, 2.05) is 6.92 Å². The highest BCUT2D eigenvalue weighted by Crippen LogP contribution is 2.27. The molecule has 0 saturated carbocycles. The number of carbonyl (C=O) groups is 1. The van der Waals surface area contributed by atoms with Gasteiger partial charge in [-0.1, -0.05) is 41.4 Å². The van der Waals surface area contributed by atoms with Crippen LogP contribution in [0.25, 0.3) is 0 Å². The zero-order chi connectivity index (χ0) is 14.7. The minimum absolute atomic E-state index is 0.119. The van der Waals surface area contributed by atoms with E-state index in [1.165, 1.54) is 6.07 Å². The number of rotatable bonds is 4. The van der Waals surface area contributed by atoms with E-state index in [2.05, 4.69) is 0 Å². The zero-order valence-corrected chi connectivity index (χ0v) is 12.2. The number of aromatic carboxylic acids is 1. The van der Waals surface area contributed by atoms with Gasteiger partial charge in [-0.2, -0.15) is 0 Å². The third-order valence-electron chi connectivity index (χ3n) is 2.78.